The molecule has 1 aromatic heterocycles. The first-order valence-corrected chi connectivity index (χ1v) is 9.93. The van der Waals surface area contributed by atoms with E-state index in [4.69, 9.17) is 5.11 Å². The van der Waals surface area contributed by atoms with E-state index in [9.17, 15) is 19.4 Å². The number of fused-ring (bicyclic) bond motifs is 1. The Kier molecular flexibility index (Phi) is 11.9. The summed E-state index contributed by atoms with van der Waals surface area (Å²) in [5.74, 6) is -1.43. The molecule has 0 spiro atoms. The molecule has 8 heteroatoms. The van der Waals surface area contributed by atoms with Crippen LogP contribution in [0.25, 0.3) is 28.1 Å². The van der Waals surface area contributed by atoms with Gasteiger partial charge in [0, 0.05) is 34.6 Å². The predicted molar refractivity (Wildman–Crippen MR) is 118 cm³/mol. The molecule has 0 fully saturated rings. The van der Waals surface area contributed by atoms with Crippen LogP contribution in [-0.4, -0.2) is 38.1 Å². The summed E-state index contributed by atoms with van der Waals surface area (Å²) in [6.45, 7) is 4.12. The fourth-order valence-corrected chi connectivity index (χ4v) is 3.77. The van der Waals surface area contributed by atoms with E-state index >= 15 is 0 Å². The number of aromatic nitrogens is 1. The van der Waals surface area contributed by atoms with E-state index < -0.39 is 24.6 Å². The summed E-state index contributed by atoms with van der Waals surface area (Å²) in [7, 11) is 0. The molecule has 5 nitrogen and oxygen atoms in total. The first-order valence-electron chi connectivity index (χ1n) is 9.93. The Morgan fingerprint density at radius 3 is 2.31 bits per heavy atom. The fraction of sp³-hybridized carbons (Fsp3) is 0.292. The first-order chi connectivity index (χ1) is 14.3. The molecule has 0 saturated carbocycles. The number of benzene rings is 2. The van der Waals surface area contributed by atoms with E-state index in [2.05, 4.69) is 18.4 Å². The Hall–Kier alpha value is -0.960. The van der Waals surface area contributed by atoms with Crippen molar-refractivity contribution in [2.45, 2.75) is 44.9 Å². The normalized spacial score (nSPS) is 13.1. The second kappa shape index (κ2) is 13.1. The summed E-state index contributed by atoms with van der Waals surface area (Å²) < 4.78 is 15.6. The number of halogens is 1. The van der Waals surface area contributed by atoms with Gasteiger partial charge in [0.1, 0.15) is 5.82 Å². The van der Waals surface area contributed by atoms with Gasteiger partial charge in [-0.2, -0.15) is 0 Å². The van der Waals surface area contributed by atoms with Gasteiger partial charge >= 0.3 is 65.1 Å². The van der Waals surface area contributed by atoms with E-state index in [1.165, 1.54) is 12.1 Å². The zero-order chi connectivity index (χ0) is 21.8. The number of nitrogens with zero attached hydrogens (tertiary/aromatic N) is 1. The number of para-hydroxylation sites is 1. The summed E-state index contributed by atoms with van der Waals surface area (Å²) in [6, 6.07) is 14.4. The molecule has 0 radical (unpaired) electrons. The van der Waals surface area contributed by atoms with Gasteiger partial charge in [0.25, 0.3) is 0 Å². The molecule has 3 rings (SSSR count). The maximum Gasteiger partial charge on any atom is 1.00 e. The zero-order valence-electron chi connectivity index (χ0n) is 21.0. The predicted octanol–water partition coefficient (Wildman–Crippen LogP) is -1.14. The molecule has 32 heavy (non-hydrogen) atoms. The van der Waals surface area contributed by atoms with Crippen LogP contribution >= 0.6 is 0 Å². The van der Waals surface area contributed by atoms with Crippen molar-refractivity contribution in [2.75, 3.05) is 0 Å². The molecule has 0 amide bonds. The van der Waals surface area contributed by atoms with Gasteiger partial charge in [-0.15, -0.1) is 0 Å². The van der Waals surface area contributed by atoms with Gasteiger partial charge in [0.05, 0.1) is 18.6 Å². The maximum atomic E-state index is 13.5. The number of aliphatic hydroxyl groups is 2. The number of carboxylic acid groups (broad SMARTS) is 1. The molecule has 162 valence electrons. The quantitative estimate of drug-likeness (QED) is 0.372. The van der Waals surface area contributed by atoms with Crippen LogP contribution in [0.4, 0.5) is 4.39 Å². The van der Waals surface area contributed by atoms with Gasteiger partial charge in [0.2, 0.25) is 0 Å². The van der Waals surface area contributed by atoms with Crippen molar-refractivity contribution in [2.24, 2.45) is 0 Å². The Labute approximate surface area is 234 Å². The molecule has 1 heterocycles. The van der Waals surface area contributed by atoms with Gasteiger partial charge in [-0.1, -0.05) is 36.4 Å². The van der Waals surface area contributed by atoms with Crippen molar-refractivity contribution in [1.82, 2.24) is 4.57 Å². The van der Waals surface area contributed by atoms with Gasteiger partial charge in [0.15, 0.2) is 0 Å². The van der Waals surface area contributed by atoms with Crippen molar-refractivity contribution in [1.29, 1.82) is 0 Å². The number of hydrogen-bond acceptors (Lipinski definition) is 3. The molecule has 0 aliphatic carbocycles. The van der Waals surface area contributed by atoms with E-state index in [-0.39, 0.29) is 80.2 Å². The third kappa shape index (κ3) is 7.02. The van der Waals surface area contributed by atoms with Crippen LogP contribution in [0.2, 0.25) is 0 Å². The van der Waals surface area contributed by atoms with Gasteiger partial charge in [-0.3, -0.25) is 4.79 Å². The van der Waals surface area contributed by atoms with Crippen molar-refractivity contribution in [3.05, 3.63) is 66.1 Å². The Balaban J connectivity index is 0. The van der Waals surface area contributed by atoms with Crippen LogP contribution in [0.3, 0.4) is 0 Å². The minimum absolute atomic E-state index is 0. The fourth-order valence-electron chi connectivity index (χ4n) is 3.77. The Morgan fingerprint density at radius 1 is 1.09 bits per heavy atom. The van der Waals surface area contributed by atoms with Gasteiger partial charge in [-0.25, -0.2) is 4.39 Å². The second-order valence-corrected chi connectivity index (χ2v) is 7.66. The molecule has 0 bridgehead atoms. The minimum Gasteiger partial charge on any atom is -1.00 e. The number of carbonyl (C=O) groups is 1. The topological polar surface area (TPSA) is 82.7 Å². The maximum absolute atomic E-state index is 13.5. The van der Waals surface area contributed by atoms with Crippen LogP contribution in [0.1, 0.15) is 41.3 Å². The van der Waals surface area contributed by atoms with Crippen LogP contribution in [-0.2, 0) is 4.79 Å². The van der Waals surface area contributed by atoms with Crippen LogP contribution in [0.15, 0.2) is 54.6 Å². The molecule has 0 saturated heterocycles. The van der Waals surface area contributed by atoms with Crippen molar-refractivity contribution in [3.63, 3.8) is 0 Å². The van der Waals surface area contributed by atoms with Crippen molar-refractivity contribution >= 4 is 22.9 Å². The third-order valence-electron chi connectivity index (χ3n) is 5.00. The van der Waals surface area contributed by atoms with E-state index in [1.807, 2.05) is 24.3 Å². The van der Waals surface area contributed by atoms with Crippen molar-refractivity contribution < 1.29 is 86.5 Å². The first kappa shape index (κ1) is 29.1. The Morgan fingerprint density at radius 2 is 1.72 bits per heavy atom. The van der Waals surface area contributed by atoms with Crippen molar-refractivity contribution in [3.8, 4) is 11.1 Å². The average molecular weight is 459 g/mol. The molecule has 3 aromatic rings. The van der Waals surface area contributed by atoms with E-state index in [1.54, 1.807) is 24.3 Å². The SMILES string of the molecule is CC(C)n1c(C=C[C@H](O)C[C@H](O)CC(=O)O)c(-c2ccc(F)cc2)c2ccccc21.[H-].[H-].[Na+].[Na+]. The summed E-state index contributed by atoms with van der Waals surface area (Å²) in [5.41, 5.74) is 3.65. The Bertz CT molecular complexity index is 1070. The zero-order valence-corrected chi connectivity index (χ0v) is 23.0. The van der Waals surface area contributed by atoms with Gasteiger partial charge < -0.3 is 22.7 Å². The number of aliphatic carboxylic acids is 1. The standard InChI is InChI=1S/C24H26FNO4.2Na.2H/c1-15(2)26-21-6-4-3-5-20(21)24(16-7-9-17(25)10-8-16)22(26)12-11-18(27)13-19(28)14-23(29)30;;;;/h3-12,15,18-19,27-28H,13-14H2,1-2H3,(H,29,30);;;;/q;2*+1;2*-1/t18-,19-;;;;/m0..../s1. The molecule has 2 aromatic carbocycles. The van der Waals surface area contributed by atoms with Crippen LogP contribution in [0.5, 0.6) is 0 Å². The molecule has 0 unspecified atom stereocenters. The second-order valence-electron chi connectivity index (χ2n) is 7.66. The average Bonchev–Trinajstić information content (AvgIpc) is 3.00. The summed E-state index contributed by atoms with van der Waals surface area (Å²) in [6.07, 6.45) is 0.727. The number of aliphatic hydroxyl groups excluding tert-OH is 2. The molecule has 0 aliphatic rings. The molecular formula is C24H28FNNa2O4. The van der Waals surface area contributed by atoms with E-state index in [0.717, 1.165) is 27.7 Å². The van der Waals surface area contributed by atoms with Gasteiger partial charge in [-0.05, 0) is 43.7 Å². The molecule has 3 N–H and O–H groups in total. The summed E-state index contributed by atoms with van der Waals surface area (Å²) in [5, 5.41) is 29.9. The number of carboxylic acids is 1. The molecular weight excluding hydrogens is 431 g/mol. The smallest absolute Gasteiger partial charge is 1.00 e. The van der Waals surface area contributed by atoms with Crippen LogP contribution < -0.4 is 59.1 Å². The summed E-state index contributed by atoms with van der Waals surface area (Å²) in [4.78, 5) is 10.7. The molecule has 2 atom stereocenters. The minimum atomic E-state index is -1.13. The summed E-state index contributed by atoms with van der Waals surface area (Å²) >= 11 is 0. The molecule has 0 aliphatic heterocycles. The van der Waals surface area contributed by atoms with E-state index in [0.29, 0.717) is 0 Å². The van der Waals surface area contributed by atoms with Crippen LogP contribution in [0, 0.1) is 5.82 Å². The number of rotatable bonds is 8. The number of hydrogen-bond donors (Lipinski definition) is 3. The third-order valence-corrected chi connectivity index (χ3v) is 5.00. The monoisotopic (exact) mass is 459 g/mol. The largest absolute Gasteiger partial charge is 1.00 e.